The van der Waals surface area contributed by atoms with E-state index >= 15 is 0 Å². The molecule has 0 aromatic carbocycles. The Bertz CT molecular complexity index is 655. The third kappa shape index (κ3) is 2.15. The fourth-order valence-corrected chi connectivity index (χ4v) is 2.71. The minimum absolute atomic E-state index is 0.0723. The van der Waals surface area contributed by atoms with E-state index in [1.165, 1.54) is 4.68 Å². The standard InChI is InChI=1S/C13H17N5O2/c1-17-12(19)8-10(16-17)11-4-2-3-7-18(11)13(20)9-5-6-14-15-9/h5-6,8,11,16H,2-4,7H2,1H3,(H,14,15). The van der Waals surface area contributed by atoms with Gasteiger partial charge in [-0.3, -0.25) is 24.5 Å². The van der Waals surface area contributed by atoms with Gasteiger partial charge in [-0.05, 0) is 25.3 Å². The Kier molecular flexibility index (Phi) is 3.17. The Hall–Kier alpha value is -2.31. The van der Waals surface area contributed by atoms with Crippen LogP contribution in [0.4, 0.5) is 0 Å². The zero-order chi connectivity index (χ0) is 14.1. The minimum atomic E-state index is -0.0838. The second-order valence-electron chi connectivity index (χ2n) is 5.09. The van der Waals surface area contributed by atoms with Crippen LogP contribution in [0.2, 0.25) is 0 Å². The van der Waals surface area contributed by atoms with Gasteiger partial charge in [-0.15, -0.1) is 0 Å². The number of nitrogens with zero attached hydrogens (tertiary/aromatic N) is 3. The van der Waals surface area contributed by atoms with Gasteiger partial charge in [0.2, 0.25) is 0 Å². The molecule has 2 aromatic heterocycles. The number of carbonyl (C=O) groups excluding carboxylic acids is 1. The van der Waals surface area contributed by atoms with Crippen molar-refractivity contribution >= 4 is 5.91 Å². The van der Waals surface area contributed by atoms with E-state index in [2.05, 4.69) is 15.3 Å². The predicted molar refractivity (Wildman–Crippen MR) is 72.2 cm³/mol. The van der Waals surface area contributed by atoms with Crippen molar-refractivity contribution < 1.29 is 4.79 Å². The molecule has 0 saturated carbocycles. The van der Waals surface area contributed by atoms with Crippen molar-refractivity contribution in [2.75, 3.05) is 6.54 Å². The summed E-state index contributed by atoms with van der Waals surface area (Å²) in [6.45, 7) is 0.694. The molecule has 106 valence electrons. The van der Waals surface area contributed by atoms with Crippen LogP contribution in [-0.4, -0.2) is 37.3 Å². The van der Waals surface area contributed by atoms with Crippen molar-refractivity contribution in [1.29, 1.82) is 0 Å². The first-order valence-electron chi connectivity index (χ1n) is 6.73. The van der Waals surface area contributed by atoms with Crippen LogP contribution in [0.15, 0.2) is 23.1 Å². The van der Waals surface area contributed by atoms with E-state index < -0.39 is 0 Å². The lowest BCUT2D eigenvalue weighted by Gasteiger charge is -2.34. The van der Waals surface area contributed by atoms with Crippen molar-refractivity contribution in [1.82, 2.24) is 24.9 Å². The molecule has 3 heterocycles. The maximum Gasteiger partial charge on any atom is 0.272 e. The first-order valence-corrected chi connectivity index (χ1v) is 6.73. The molecule has 0 bridgehead atoms. The van der Waals surface area contributed by atoms with E-state index in [1.54, 1.807) is 25.4 Å². The number of rotatable bonds is 2. The molecule has 1 unspecified atom stereocenters. The fourth-order valence-electron chi connectivity index (χ4n) is 2.71. The van der Waals surface area contributed by atoms with E-state index in [0.29, 0.717) is 12.2 Å². The topological polar surface area (TPSA) is 86.8 Å². The average Bonchev–Trinajstić information content (AvgIpc) is 3.09. The van der Waals surface area contributed by atoms with E-state index in [9.17, 15) is 9.59 Å². The molecule has 1 aliphatic heterocycles. The van der Waals surface area contributed by atoms with Crippen molar-refractivity contribution in [3.8, 4) is 0 Å². The molecule has 1 atom stereocenters. The number of nitrogens with one attached hydrogen (secondary N) is 2. The zero-order valence-electron chi connectivity index (χ0n) is 11.3. The van der Waals surface area contributed by atoms with Gasteiger partial charge in [0.15, 0.2) is 0 Å². The predicted octanol–water partition coefficient (Wildman–Crippen LogP) is 0.804. The van der Waals surface area contributed by atoms with Crippen LogP contribution < -0.4 is 5.56 Å². The largest absolute Gasteiger partial charge is 0.329 e. The van der Waals surface area contributed by atoms with Crippen molar-refractivity contribution in [3.05, 3.63) is 40.1 Å². The molecule has 1 amide bonds. The Morgan fingerprint density at radius 1 is 1.45 bits per heavy atom. The Balaban J connectivity index is 1.91. The number of aryl methyl sites for hydroxylation is 1. The molecular formula is C13H17N5O2. The average molecular weight is 275 g/mol. The van der Waals surface area contributed by atoms with Gasteiger partial charge in [0.05, 0.1) is 11.7 Å². The number of H-pyrrole nitrogens is 2. The molecule has 20 heavy (non-hydrogen) atoms. The number of aromatic amines is 2. The van der Waals surface area contributed by atoms with Gasteiger partial charge in [-0.1, -0.05) is 0 Å². The van der Waals surface area contributed by atoms with Crippen LogP contribution in [0.5, 0.6) is 0 Å². The summed E-state index contributed by atoms with van der Waals surface area (Å²) in [6, 6.07) is 3.17. The maximum absolute atomic E-state index is 12.5. The highest BCUT2D eigenvalue weighted by atomic mass is 16.2. The summed E-state index contributed by atoms with van der Waals surface area (Å²) in [4.78, 5) is 25.9. The molecule has 0 aliphatic carbocycles. The second-order valence-corrected chi connectivity index (χ2v) is 5.09. The highest BCUT2D eigenvalue weighted by Gasteiger charge is 2.30. The third-order valence-corrected chi connectivity index (χ3v) is 3.76. The van der Waals surface area contributed by atoms with Gasteiger partial charge in [-0.2, -0.15) is 5.10 Å². The molecule has 1 saturated heterocycles. The fraction of sp³-hybridized carbons (Fsp3) is 0.462. The van der Waals surface area contributed by atoms with E-state index in [-0.39, 0.29) is 17.5 Å². The van der Waals surface area contributed by atoms with Crippen LogP contribution in [0.1, 0.15) is 41.5 Å². The number of hydrogen-bond donors (Lipinski definition) is 2. The minimum Gasteiger partial charge on any atom is -0.329 e. The van der Waals surface area contributed by atoms with Gasteiger partial charge < -0.3 is 4.90 Å². The van der Waals surface area contributed by atoms with Crippen molar-refractivity contribution in [3.63, 3.8) is 0 Å². The summed E-state index contributed by atoms with van der Waals surface area (Å²) >= 11 is 0. The summed E-state index contributed by atoms with van der Waals surface area (Å²) in [5.74, 6) is -0.0723. The van der Waals surface area contributed by atoms with Crippen LogP contribution in [0.3, 0.4) is 0 Å². The highest BCUT2D eigenvalue weighted by Crippen LogP contribution is 2.30. The van der Waals surface area contributed by atoms with Gasteiger partial charge >= 0.3 is 0 Å². The number of hydrogen-bond acceptors (Lipinski definition) is 3. The molecule has 2 aromatic rings. The maximum atomic E-state index is 12.5. The Morgan fingerprint density at radius 2 is 2.30 bits per heavy atom. The Morgan fingerprint density at radius 3 is 2.95 bits per heavy atom. The van der Waals surface area contributed by atoms with Crippen molar-refractivity contribution in [2.24, 2.45) is 7.05 Å². The first-order chi connectivity index (χ1) is 9.66. The van der Waals surface area contributed by atoms with Crippen molar-refractivity contribution in [2.45, 2.75) is 25.3 Å². The zero-order valence-corrected chi connectivity index (χ0v) is 11.3. The summed E-state index contributed by atoms with van der Waals surface area (Å²) < 4.78 is 1.43. The van der Waals surface area contributed by atoms with Crippen LogP contribution in [-0.2, 0) is 7.05 Å². The van der Waals surface area contributed by atoms with Crippen LogP contribution in [0, 0.1) is 0 Å². The van der Waals surface area contributed by atoms with E-state index in [0.717, 1.165) is 25.0 Å². The quantitative estimate of drug-likeness (QED) is 0.850. The summed E-state index contributed by atoms with van der Waals surface area (Å²) in [6.07, 6.45) is 4.46. The van der Waals surface area contributed by atoms with E-state index in [4.69, 9.17) is 0 Å². The lowest BCUT2D eigenvalue weighted by molar-refractivity contribution is 0.0599. The number of aromatic nitrogens is 4. The molecule has 3 rings (SSSR count). The molecule has 0 radical (unpaired) electrons. The number of amides is 1. The van der Waals surface area contributed by atoms with Gasteiger partial charge in [0.25, 0.3) is 11.5 Å². The smallest absolute Gasteiger partial charge is 0.272 e. The molecule has 7 nitrogen and oxygen atoms in total. The van der Waals surface area contributed by atoms with Crippen LogP contribution in [0.25, 0.3) is 0 Å². The molecule has 1 fully saturated rings. The molecular weight excluding hydrogens is 258 g/mol. The summed E-state index contributed by atoms with van der Waals surface area (Å²) in [5.41, 5.74) is 1.19. The van der Waals surface area contributed by atoms with Gasteiger partial charge in [0, 0.05) is 25.9 Å². The molecule has 1 aliphatic rings. The lowest BCUT2D eigenvalue weighted by Crippen LogP contribution is -2.39. The monoisotopic (exact) mass is 275 g/mol. The normalized spacial score (nSPS) is 19.2. The van der Waals surface area contributed by atoms with Gasteiger partial charge in [-0.25, -0.2) is 0 Å². The number of carbonyl (C=O) groups is 1. The SMILES string of the molecule is Cn1[nH]c(C2CCCCN2C(=O)c2ccn[nH]2)cc1=O. The Labute approximate surface area is 115 Å². The third-order valence-electron chi connectivity index (χ3n) is 3.76. The van der Waals surface area contributed by atoms with Crippen LogP contribution >= 0.6 is 0 Å². The highest BCUT2D eigenvalue weighted by molar-refractivity contribution is 5.92. The second kappa shape index (κ2) is 4.99. The van der Waals surface area contributed by atoms with Gasteiger partial charge in [0.1, 0.15) is 5.69 Å². The molecule has 0 spiro atoms. The number of piperidine rings is 1. The lowest BCUT2D eigenvalue weighted by atomic mass is 9.99. The molecule has 7 heteroatoms. The summed E-state index contributed by atoms with van der Waals surface area (Å²) in [7, 11) is 1.68. The summed E-state index contributed by atoms with van der Waals surface area (Å²) in [5, 5.41) is 9.55. The first kappa shape index (κ1) is 12.7. The van der Waals surface area contributed by atoms with E-state index in [1.807, 2.05) is 4.90 Å². The number of likely N-dealkylation sites (tertiary alicyclic amines) is 1. The molecule has 2 N–H and O–H groups in total.